The average molecular weight is 409 g/mol. The summed E-state index contributed by atoms with van der Waals surface area (Å²) in [5.41, 5.74) is 3.24. The molecule has 0 saturated heterocycles. The number of para-hydroxylation sites is 1. The number of hydrogen-bond donors (Lipinski definition) is 3. The fourth-order valence-corrected chi connectivity index (χ4v) is 3.16. The van der Waals surface area contributed by atoms with Gasteiger partial charge in [-0.2, -0.15) is 0 Å². The Labute approximate surface area is 174 Å². The van der Waals surface area contributed by atoms with E-state index in [4.69, 9.17) is 21.7 Å². The zero-order valence-corrected chi connectivity index (χ0v) is 16.9. The number of anilines is 3. The number of nitrogens with one attached hydrogen (secondary N) is 3. The van der Waals surface area contributed by atoms with Crippen LogP contribution in [0.15, 0.2) is 60.8 Å². The summed E-state index contributed by atoms with van der Waals surface area (Å²) in [6, 6.07) is 16.8. The molecule has 0 spiro atoms. The molecule has 0 atom stereocenters. The third-order valence-electron chi connectivity index (χ3n) is 4.19. The van der Waals surface area contributed by atoms with Crippen LogP contribution in [0, 0.1) is 5.41 Å². The van der Waals surface area contributed by atoms with E-state index in [9.17, 15) is 4.79 Å². The number of methoxy groups -OCH3 is 1. The number of benzene rings is 2. The van der Waals surface area contributed by atoms with Gasteiger partial charge in [0.15, 0.2) is 0 Å². The molecule has 148 valence electrons. The highest BCUT2D eigenvalue weighted by atomic mass is 35.5. The van der Waals surface area contributed by atoms with Gasteiger partial charge in [-0.15, -0.1) is 0 Å². The zero-order valence-electron chi connectivity index (χ0n) is 16.1. The van der Waals surface area contributed by atoms with Gasteiger partial charge in [0.2, 0.25) is 0 Å². The molecule has 1 amide bonds. The summed E-state index contributed by atoms with van der Waals surface area (Å²) in [6.07, 6.45) is 1.41. The number of amides is 1. The van der Waals surface area contributed by atoms with Gasteiger partial charge in [0.05, 0.1) is 22.8 Å². The highest BCUT2D eigenvalue weighted by Gasteiger charge is 2.20. The van der Waals surface area contributed by atoms with Gasteiger partial charge in [-0.1, -0.05) is 41.9 Å². The maximum absolute atomic E-state index is 12.7. The van der Waals surface area contributed by atoms with Crippen LogP contribution in [0.25, 0.3) is 0 Å². The van der Waals surface area contributed by atoms with Crippen LogP contribution in [0.4, 0.5) is 17.2 Å². The van der Waals surface area contributed by atoms with E-state index in [0.717, 1.165) is 11.3 Å². The van der Waals surface area contributed by atoms with Crippen LogP contribution >= 0.6 is 11.6 Å². The first kappa shape index (κ1) is 20.5. The third-order valence-corrected chi connectivity index (χ3v) is 4.59. The number of hydrogen-bond acceptors (Lipinski definition) is 5. The van der Waals surface area contributed by atoms with Crippen LogP contribution in [-0.4, -0.2) is 23.7 Å². The Morgan fingerprint density at radius 1 is 1.10 bits per heavy atom. The van der Waals surface area contributed by atoms with Crippen LogP contribution in [0.1, 0.15) is 28.4 Å². The smallest absolute Gasteiger partial charge is 0.258 e. The first-order valence-electron chi connectivity index (χ1n) is 8.95. The van der Waals surface area contributed by atoms with Crippen molar-refractivity contribution in [2.45, 2.75) is 13.5 Å². The lowest BCUT2D eigenvalue weighted by Gasteiger charge is -2.15. The predicted molar refractivity (Wildman–Crippen MR) is 117 cm³/mol. The SMILES string of the molecule is COCc1ccc(NC(=O)c2cnc(Nc3ccccc3)c(C(C)=N)c2Cl)cc1. The Bertz CT molecular complexity index is 1020. The van der Waals surface area contributed by atoms with Crippen molar-refractivity contribution in [3.05, 3.63) is 82.5 Å². The summed E-state index contributed by atoms with van der Waals surface area (Å²) in [6.45, 7) is 2.11. The number of ether oxygens (including phenoxy) is 1. The molecule has 3 rings (SSSR count). The molecule has 0 unspecified atom stereocenters. The second-order valence-electron chi connectivity index (χ2n) is 6.41. The molecule has 1 heterocycles. The molecule has 3 N–H and O–H groups in total. The quantitative estimate of drug-likeness (QED) is 0.465. The van der Waals surface area contributed by atoms with Crippen molar-refractivity contribution in [2.24, 2.45) is 0 Å². The largest absolute Gasteiger partial charge is 0.380 e. The molecule has 0 fully saturated rings. The van der Waals surface area contributed by atoms with E-state index in [0.29, 0.717) is 23.7 Å². The van der Waals surface area contributed by atoms with Gasteiger partial charge in [0.25, 0.3) is 5.91 Å². The zero-order chi connectivity index (χ0) is 20.8. The van der Waals surface area contributed by atoms with Crippen molar-refractivity contribution in [1.82, 2.24) is 4.98 Å². The Hall–Kier alpha value is -3.22. The van der Waals surface area contributed by atoms with E-state index in [2.05, 4.69) is 15.6 Å². The van der Waals surface area contributed by atoms with Crippen LogP contribution in [-0.2, 0) is 11.3 Å². The Morgan fingerprint density at radius 3 is 2.41 bits per heavy atom. The maximum Gasteiger partial charge on any atom is 0.258 e. The average Bonchev–Trinajstić information content (AvgIpc) is 2.70. The highest BCUT2D eigenvalue weighted by molar-refractivity contribution is 6.38. The van der Waals surface area contributed by atoms with Crippen LogP contribution in [0.3, 0.4) is 0 Å². The summed E-state index contributed by atoms with van der Waals surface area (Å²) in [7, 11) is 1.63. The van der Waals surface area contributed by atoms with E-state index < -0.39 is 5.91 Å². The molecule has 0 aliphatic rings. The van der Waals surface area contributed by atoms with Crippen LogP contribution < -0.4 is 10.6 Å². The minimum Gasteiger partial charge on any atom is -0.380 e. The highest BCUT2D eigenvalue weighted by Crippen LogP contribution is 2.29. The van der Waals surface area contributed by atoms with E-state index in [1.54, 1.807) is 26.2 Å². The Morgan fingerprint density at radius 2 is 1.79 bits per heavy atom. The van der Waals surface area contributed by atoms with Crippen molar-refractivity contribution in [2.75, 3.05) is 17.7 Å². The van der Waals surface area contributed by atoms with Gasteiger partial charge in [-0.3, -0.25) is 4.79 Å². The lowest BCUT2D eigenvalue weighted by molar-refractivity contribution is 0.102. The molecule has 0 saturated carbocycles. The van der Waals surface area contributed by atoms with Gasteiger partial charge in [-0.05, 0) is 36.8 Å². The van der Waals surface area contributed by atoms with Crippen molar-refractivity contribution in [1.29, 1.82) is 5.41 Å². The second-order valence-corrected chi connectivity index (χ2v) is 6.79. The number of carbonyl (C=O) groups is 1. The monoisotopic (exact) mass is 408 g/mol. The van der Waals surface area contributed by atoms with E-state index in [1.807, 2.05) is 42.5 Å². The standard InChI is InChI=1S/C22H21ClN4O2/c1-14(24)19-20(23)18(12-25-21(19)26-16-6-4-3-5-7-16)22(28)27-17-10-8-15(9-11-17)13-29-2/h3-12,24H,13H2,1-2H3,(H,25,26)(H,27,28). The van der Waals surface area contributed by atoms with E-state index >= 15 is 0 Å². The number of halogens is 1. The van der Waals surface area contributed by atoms with Crippen molar-refractivity contribution in [3.63, 3.8) is 0 Å². The van der Waals surface area contributed by atoms with Gasteiger partial charge >= 0.3 is 0 Å². The van der Waals surface area contributed by atoms with E-state index in [-0.39, 0.29) is 16.3 Å². The maximum atomic E-state index is 12.7. The lowest BCUT2D eigenvalue weighted by Crippen LogP contribution is -2.15. The van der Waals surface area contributed by atoms with Gasteiger partial charge < -0.3 is 20.8 Å². The molecular formula is C22H21ClN4O2. The molecule has 29 heavy (non-hydrogen) atoms. The first-order valence-corrected chi connectivity index (χ1v) is 9.32. The summed E-state index contributed by atoms with van der Waals surface area (Å²) >= 11 is 6.50. The van der Waals surface area contributed by atoms with Gasteiger partial charge in [-0.25, -0.2) is 4.98 Å². The molecule has 3 aromatic rings. The molecule has 2 aromatic carbocycles. The number of carbonyl (C=O) groups excluding carboxylic acids is 1. The summed E-state index contributed by atoms with van der Waals surface area (Å²) in [5.74, 6) is 0.0323. The molecule has 0 aliphatic carbocycles. The second kappa shape index (κ2) is 9.32. The fourth-order valence-electron chi connectivity index (χ4n) is 2.79. The summed E-state index contributed by atoms with van der Waals surface area (Å²) in [4.78, 5) is 17.1. The number of nitrogens with zero attached hydrogens (tertiary/aromatic N) is 1. The Balaban J connectivity index is 1.86. The van der Waals surface area contributed by atoms with Crippen molar-refractivity contribution in [3.8, 4) is 0 Å². The minimum atomic E-state index is -0.393. The molecule has 0 radical (unpaired) electrons. The molecule has 0 bridgehead atoms. The number of rotatable bonds is 7. The third kappa shape index (κ3) is 4.99. The first-order chi connectivity index (χ1) is 14.0. The predicted octanol–water partition coefficient (Wildman–Crippen LogP) is 5.27. The fraction of sp³-hybridized carbons (Fsp3) is 0.136. The number of pyridine rings is 1. The van der Waals surface area contributed by atoms with E-state index in [1.165, 1.54) is 6.20 Å². The topological polar surface area (TPSA) is 87.1 Å². The summed E-state index contributed by atoms with van der Waals surface area (Å²) < 4.78 is 5.08. The van der Waals surface area contributed by atoms with Gasteiger partial charge in [0, 0.05) is 30.4 Å². The molecule has 7 heteroatoms. The molecule has 1 aromatic heterocycles. The van der Waals surface area contributed by atoms with Crippen molar-refractivity contribution >= 4 is 40.4 Å². The van der Waals surface area contributed by atoms with Crippen LogP contribution in [0.2, 0.25) is 5.02 Å². The number of aromatic nitrogens is 1. The van der Waals surface area contributed by atoms with Crippen molar-refractivity contribution < 1.29 is 9.53 Å². The Kier molecular flexibility index (Phi) is 6.59. The van der Waals surface area contributed by atoms with Gasteiger partial charge in [0.1, 0.15) is 5.82 Å². The summed E-state index contributed by atoms with van der Waals surface area (Å²) in [5, 5.41) is 14.2. The minimum absolute atomic E-state index is 0.180. The lowest BCUT2D eigenvalue weighted by atomic mass is 10.1. The molecular weight excluding hydrogens is 388 g/mol. The van der Waals surface area contributed by atoms with Crippen LogP contribution in [0.5, 0.6) is 0 Å². The normalized spacial score (nSPS) is 10.4. The molecule has 0 aliphatic heterocycles. The molecule has 6 nitrogen and oxygen atoms in total.